The summed E-state index contributed by atoms with van der Waals surface area (Å²) in [5, 5.41) is 0. The predicted molar refractivity (Wildman–Crippen MR) is 146 cm³/mol. The molecule has 13 nitrogen and oxygen atoms in total. The third-order valence-electron chi connectivity index (χ3n) is 4.50. The van der Waals surface area contributed by atoms with Gasteiger partial charge in [0.15, 0.2) is 0 Å². The molecule has 0 heterocycles. The van der Waals surface area contributed by atoms with Crippen LogP contribution in [0.5, 0.6) is 17.2 Å². The molecule has 0 saturated carbocycles. The van der Waals surface area contributed by atoms with Crippen LogP contribution in [0.4, 0.5) is 52.7 Å². The van der Waals surface area contributed by atoms with Crippen molar-refractivity contribution in [1.29, 1.82) is 0 Å². The molecule has 0 aromatic heterocycles. The van der Waals surface area contributed by atoms with Gasteiger partial charge in [0.1, 0.15) is 27.4 Å². The van der Waals surface area contributed by atoms with E-state index in [1.807, 2.05) is 0 Å². The first kappa shape index (κ1) is 52.0. The van der Waals surface area contributed by atoms with Gasteiger partial charge in [-0.2, -0.15) is 69.5 Å². The molecule has 3 aromatic rings. The molecule has 53 heavy (non-hydrogen) atoms. The number of benzene rings is 3. The SMILES string of the molecule is FC(F)C(F)(F)Oc1ccccc1.O=S(=O)(O)O.O=S(=O)(O)c1ccc(OC(F)(F)C(F)F)cc1.O=S(=O)([O-])c1ccc(OC(F)(F)C(F)F)cc1.[Na+]. The third-order valence-corrected chi connectivity index (χ3v) is 6.22. The summed E-state index contributed by atoms with van der Waals surface area (Å²) in [5.41, 5.74) is 0. The zero-order valence-electron chi connectivity index (χ0n) is 25.4. The van der Waals surface area contributed by atoms with Crippen LogP contribution in [0.15, 0.2) is 88.7 Å². The second kappa shape index (κ2) is 21.1. The van der Waals surface area contributed by atoms with Gasteiger partial charge in [-0.05, 0) is 60.7 Å². The molecule has 0 saturated heterocycles. The topological polar surface area (TPSA) is 214 Å². The third kappa shape index (κ3) is 22.0. The van der Waals surface area contributed by atoms with Gasteiger partial charge in [-0.25, -0.2) is 8.42 Å². The molecular weight excluding hydrogens is 843 g/mol. The van der Waals surface area contributed by atoms with Crippen LogP contribution < -0.4 is 43.8 Å². The van der Waals surface area contributed by atoms with Gasteiger partial charge in [-0.15, -0.1) is 0 Å². The molecule has 3 N–H and O–H groups in total. The van der Waals surface area contributed by atoms with E-state index in [1.165, 1.54) is 24.3 Å². The van der Waals surface area contributed by atoms with Gasteiger partial charge in [0.2, 0.25) is 0 Å². The van der Waals surface area contributed by atoms with Gasteiger partial charge in [-0.1, -0.05) is 18.2 Å². The van der Waals surface area contributed by atoms with E-state index in [2.05, 4.69) is 14.2 Å². The van der Waals surface area contributed by atoms with E-state index in [-0.39, 0.29) is 35.3 Å². The summed E-state index contributed by atoms with van der Waals surface area (Å²) in [6, 6.07) is 12.4. The number of para-hydroxylation sites is 1. The van der Waals surface area contributed by atoms with E-state index in [1.54, 1.807) is 6.07 Å². The Kier molecular flexibility index (Phi) is 20.7. The molecule has 29 heteroatoms. The number of rotatable bonds is 11. The maximum atomic E-state index is 12.4. The fourth-order valence-corrected chi connectivity index (χ4v) is 3.40. The molecule has 0 aliphatic heterocycles. The molecule has 0 spiro atoms. The van der Waals surface area contributed by atoms with Crippen LogP contribution in [-0.4, -0.2) is 81.1 Å². The van der Waals surface area contributed by atoms with Crippen LogP contribution in [0.3, 0.4) is 0 Å². The van der Waals surface area contributed by atoms with Crippen LogP contribution in [0.2, 0.25) is 0 Å². The molecule has 0 unspecified atom stereocenters. The zero-order chi connectivity index (χ0) is 40.9. The second-order valence-corrected chi connectivity index (χ2v) is 12.2. The Hall–Kier alpha value is -3.09. The van der Waals surface area contributed by atoms with Crippen molar-refractivity contribution in [2.24, 2.45) is 0 Å². The Balaban J connectivity index is 0. The largest absolute Gasteiger partial charge is 1.00 e. The Bertz CT molecular complexity index is 1750. The average Bonchev–Trinajstić information content (AvgIpc) is 2.96. The van der Waals surface area contributed by atoms with Gasteiger partial charge in [0.05, 0.1) is 9.79 Å². The summed E-state index contributed by atoms with van der Waals surface area (Å²) in [7, 11) is -13.9. The first-order valence-electron chi connectivity index (χ1n) is 12.2. The standard InChI is InChI=1S/2C8H6F4O4S.C8H6F4O.Na.H2O4S/c2*9-7(10)8(11,12)16-5-1-3-6(4-2-5)17(13,14)15;9-7(10)8(11,12)13-6-4-2-1-3-5-6;;1-5(2,3)4/h2*1-4,7H,(H,13,14,15);1-5,7H;;(H2,1,2,3,4)/q;;;+1;/p-1. The van der Waals surface area contributed by atoms with E-state index < -0.39 is 89.5 Å². The monoisotopic (exact) mass is 862 g/mol. The maximum Gasteiger partial charge on any atom is 1.00 e. The van der Waals surface area contributed by atoms with Crippen molar-refractivity contribution in [3.63, 3.8) is 0 Å². The molecule has 3 rings (SSSR count). The molecule has 0 bridgehead atoms. The molecule has 0 radical (unpaired) electrons. The molecule has 0 fully saturated rings. The van der Waals surface area contributed by atoms with Crippen LogP contribution in [0.25, 0.3) is 0 Å². The van der Waals surface area contributed by atoms with Crippen molar-refractivity contribution in [2.75, 3.05) is 0 Å². The Morgan fingerprint density at radius 1 is 0.491 bits per heavy atom. The van der Waals surface area contributed by atoms with Gasteiger partial charge in [0.25, 0.3) is 10.1 Å². The molecule has 0 atom stereocenters. The number of ether oxygens (including phenoxy) is 3. The summed E-state index contributed by atoms with van der Waals surface area (Å²) in [6.07, 6.45) is -25.6. The van der Waals surface area contributed by atoms with E-state index in [4.69, 9.17) is 22.1 Å². The fraction of sp³-hybridized carbons (Fsp3) is 0.250. The molecule has 0 aliphatic carbocycles. The number of hydrogen-bond donors (Lipinski definition) is 3. The molecule has 0 aliphatic rings. The smallest absolute Gasteiger partial charge is 0.744 e. The van der Waals surface area contributed by atoms with E-state index in [0.717, 1.165) is 24.3 Å². The minimum Gasteiger partial charge on any atom is -0.744 e. The number of alkyl halides is 12. The molecule has 3 aromatic carbocycles. The Labute approximate surface area is 312 Å². The van der Waals surface area contributed by atoms with Crippen molar-refractivity contribution in [1.82, 2.24) is 0 Å². The van der Waals surface area contributed by atoms with Gasteiger partial charge < -0.3 is 18.8 Å². The Morgan fingerprint density at radius 3 is 0.962 bits per heavy atom. The molecule has 0 amide bonds. The van der Waals surface area contributed by atoms with Crippen molar-refractivity contribution in [2.45, 2.75) is 47.4 Å². The van der Waals surface area contributed by atoms with Crippen molar-refractivity contribution >= 4 is 30.6 Å². The summed E-state index contributed by atoms with van der Waals surface area (Å²) in [4.78, 5) is -1.24. The summed E-state index contributed by atoms with van der Waals surface area (Å²) in [5.74, 6) is -1.61. The van der Waals surface area contributed by atoms with Gasteiger partial charge in [0, 0.05) is 0 Å². The minimum absolute atomic E-state index is 0. The number of halogens is 12. The van der Waals surface area contributed by atoms with Crippen LogP contribution in [-0.2, 0) is 30.6 Å². The van der Waals surface area contributed by atoms with Crippen LogP contribution in [0.1, 0.15) is 0 Å². The zero-order valence-corrected chi connectivity index (χ0v) is 29.9. The van der Waals surface area contributed by atoms with E-state index in [9.17, 15) is 74.1 Å². The van der Waals surface area contributed by atoms with Crippen LogP contribution in [0, 0.1) is 0 Å². The van der Waals surface area contributed by atoms with E-state index >= 15 is 0 Å². The Morgan fingerprint density at radius 2 is 0.736 bits per heavy atom. The molecular formula is C24H19F12NaO13S3. The second-order valence-electron chi connectivity index (χ2n) is 8.53. The fourth-order valence-electron chi connectivity index (χ4n) is 2.45. The van der Waals surface area contributed by atoms with Gasteiger partial charge >= 0.3 is 77.6 Å². The first-order chi connectivity index (χ1) is 23.3. The quantitative estimate of drug-likeness (QED) is 0.144. The maximum absolute atomic E-state index is 12.4. The minimum atomic E-state index is -4.72. The summed E-state index contributed by atoms with van der Waals surface area (Å²) in [6.45, 7) is 0. The van der Waals surface area contributed by atoms with Crippen molar-refractivity contribution < 1.29 is 140 Å². The summed E-state index contributed by atoms with van der Waals surface area (Å²) >= 11 is 0. The van der Waals surface area contributed by atoms with Crippen molar-refractivity contribution in [3.05, 3.63) is 78.9 Å². The van der Waals surface area contributed by atoms with Crippen LogP contribution >= 0.6 is 0 Å². The van der Waals surface area contributed by atoms with Crippen molar-refractivity contribution in [3.8, 4) is 17.2 Å². The molecule has 296 valence electrons. The summed E-state index contributed by atoms with van der Waals surface area (Å²) < 4.78 is 248. The first-order valence-corrected chi connectivity index (χ1v) is 16.5. The number of hydrogen-bond acceptors (Lipinski definition) is 10. The normalized spacial score (nSPS) is 12.2. The average molecular weight is 863 g/mol. The van der Waals surface area contributed by atoms with Gasteiger partial charge in [-0.3, -0.25) is 13.7 Å². The van der Waals surface area contributed by atoms with E-state index in [0.29, 0.717) is 24.3 Å². The predicted octanol–water partition coefficient (Wildman–Crippen LogP) is 3.27.